The summed E-state index contributed by atoms with van der Waals surface area (Å²) in [6.45, 7) is 1.77. The van der Waals surface area contributed by atoms with Crippen LogP contribution in [0.5, 0.6) is 0 Å². The van der Waals surface area contributed by atoms with Crippen LogP contribution in [0.3, 0.4) is 0 Å². The largest absolute Gasteiger partial charge is 0.386 e. The van der Waals surface area contributed by atoms with Gasteiger partial charge in [0, 0.05) is 25.8 Å². The molecule has 3 rings (SSSR count). The Balaban J connectivity index is 2.21. The quantitative estimate of drug-likeness (QED) is 0.543. The van der Waals surface area contributed by atoms with Crippen LogP contribution in [0.2, 0.25) is 10.0 Å². The molecule has 0 heterocycles. The van der Waals surface area contributed by atoms with Crippen LogP contribution in [0.15, 0.2) is 48.5 Å². The van der Waals surface area contributed by atoms with Crippen molar-refractivity contribution < 1.29 is 15.0 Å². The lowest BCUT2D eigenvalue weighted by molar-refractivity contribution is -0.588. The Bertz CT molecular complexity index is 891. The van der Waals surface area contributed by atoms with Crippen LogP contribution in [0, 0.1) is 26.1 Å². The summed E-state index contributed by atoms with van der Waals surface area (Å²) in [7, 11) is 0. The molecule has 2 aromatic carbocycles. The summed E-state index contributed by atoms with van der Waals surface area (Å²) >= 11 is 11.9. The molecule has 0 aromatic heterocycles. The van der Waals surface area contributed by atoms with E-state index in [4.69, 9.17) is 23.2 Å². The molecule has 1 aliphatic carbocycles. The molecule has 2 aromatic rings. The van der Waals surface area contributed by atoms with Crippen molar-refractivity contribution in [2.75, 3.05) is 0 Å². The second kappa shape index (κ2) is 8.65. The molecule has 0 unspecified atom stereocenters. The maximum absolute atomic E-state index is 12.2. The van der Waals surface area contributed by atoms with Gasteiger partial charge < -0.3 is 5.11 Å². The van der Waals surface area contributed by atoms with Gasteiger partial charge in [-0.2, -0.15) is 0 Å². The van der Waals surface area contributed by atoms with Crippen molar-refractivity contribution in [3.63, 3.8) is 0 Å². The van der Waals surface area contributed by atoms with Crippen LogP contribution in [-0.2, 0) is 0 Å². The minimum absolute atomic E-state index is 0.358. The highest BCUT2D eigenvalue weighted by atomic mass is 35.5. The van der Waals surface area contributed by atoms with E-state index in [9.17, 15) is 25.3 Å². The van der Waals surface area contributed by atoms with E-state index in [-0.39, 0.29) is 0 Å². The zero-order chi connectivity index (χ0) is 21.3. The number of halogens is 2. The van der Waals surface area contributed by atoms with Crippen LogP contribution in [0.25, 0.3) is 0 Å². The van der Waals surface area contributed by atoms with E-state index in [1.807, 2.05) is 0 Å². The van der Waals surface area contributed by atoms with Gasteiger partial charge in [-0.15, -0.1) is 0 Å². The Morgan fingerprint density at radius 3 is 1.62 bits per heavy atom. The first-order chi connectivity index (χ1) is 13.8. The molecule has 0 spiro atoms. The first-order valence-corrected chi connectivity index (χ1v) is 9.97. The fourth-order valence-electron chi connectivity index (χ4n) is 4.58. The second-order valence-electron chi connectivity index (χ2n) is 7.27. The van der Waals surface area contributed by atoms with E-state index in [1.165, 1.54) is 0 Å². The lowest BCUT2D eigenvalue weighted by Crippen LogP contribution is -2.58. The van der Waals surface area contributed by atoms with Gasteiger partial charge in [-0.05, 0) is 41.8 Å². The molecule has 1 fully saturated rings. The molecule has 0 amide bonds. The summed E-state index contributed by atoms with van der Waals surface area (Å²) < 4.78 is 0. The number of hydrogen-bond acceptors (Lipinski definition) is 5. The minimum Gasteiger partial charge on any atom is -0.386 e. The van der Waals surface area contributed by atoms with Crippen molar-refractivity contribution in [1.29, 1.82) is 0 Å². The molecule has 7 nitrogen and oxygen atoms in total. The van der Waals surface area contributed by atoms with Gasteiger partial charge in [0.25, 0.3) is 6.04 Å². The third-order valence-corrected chi connectivity index (χ3v) is 6.33. The predicted molar refractivity (Wildman–Crippen MR) is 110 cm³/mol. The first kappa shape index (κ1) is 21.5. The lowest BCUT2D eigenvalue weighted by atomic mass is 9.62. The van der Waals surface area contributed by atoms with E-state index < -0.39 is 45.8 Å². The maximum Gasteiger partial charge on any atom is 0.252 e. The number of hydrogen-bond donors (Lipinski definition) is 1. The normalized spacial score (nSPS) is 29.4. The molecule has 29 heavy (non-hydrogen) atoms. The van der Waals surface area contributed by atoms with Gasteiger partial charge in [0.1, 0.15) is 12.0 Å². The van der Waals surface area contributed by atoms with Gasteiger partial charge in [0.15, 0.2) is 0 Å². The first-order valence-electron chi connectivity index (χ1n) is 9.22. The number of aliphatic hydroxyl groups excluding tert-OH is 1. The monoisotopic (exact) mass is 438 g/mol. The SMILES string of the molecule is CC[C@H]1[C@@H](O)[C@@H]([N+](=O)[O-])[C@H](c2ccc(Cl)cc2)[C@H]([N+](=O)[O-])[C@@H]1c1ccc(Cl)cc1. The smallest absolute Gasteiger partial charge is 0.252 e. The molecule has 0 bridgehead atoms. The summed E-state index contributed by atoms with van der Waals surface area (Å²) in [5.41, 5.74) is 1.04. The fraction of sp³-hybridized carbons (Fsp3) is 0.400. The molecule has 1 aliphatic rings. The third-order valence-electron chi connectivity index (χ3n) is 5.82. The number of aliphatic hydroxyl groups is 1. The molecular formula is C20H20Cl2N2O5. The average Bonchev–Trinajstić information content (AvgIpc) is 2.67. The molecule has 0 radical (unpaired) electrons. The lowest BCUT2D eigenvalue weighted by Gasteiger charge is -2.42. The topological polar surface area (TPSA) is 107 Å². The van der Waals surface area contributed by atoms with Crippen LogP contribution in [-0.4, -0.2) is 33.1 Å². The summed E-state index contributed by atoms with van der Waals surface area (Å²) in [6, 6.07) is 10.0. The van der Waals surface area contributed by atoms with Gasteiger partial charge >= 0.3 is 0 Å². The standard InChI is InChI=1S/C20H20Cl2N2O5/c1-2-15-16(11-3-7-13(21)8-4-11)18(23(26)27)17(19(20(15)25)24(28)29)12-5-9-14(22)10-6-12/h3-10,15-20,25H,2H2,1H3/t15-,16-,17-,18-,19+,20-/m1/s1. The highest BCUT2D eigenvalue weighted by Crippen LogP contribution is 2.48. The van der Waals surface area contributed by atoms with E-state index in [1.54, 1.807) is 55.5 Å². The minimum atomic E-state index is -1.50. The predicted octanol–water partition coefficient (Wildman–Crippen LogP) is 4.55. The van der Waals surface area contributed by atoms with Gasteiger partial charge in [0.2, 0.25) is 6.04 Å². The van der Waals surface area contributed by atoms with E-state index in [0.717, 1.165) is 0 Å². The fourth-order valence-corrected chi connectivity index (χ4v) is 4.83. The summed E-state index contributed by atoms with van der Waals surface area (Å²) in [4.78, 5) is 23.1. The van der Waals surface area contributed by atoms with Gasteiger partial charge in [-0.3, -0.25) is 20.2 Å². The number of rotatable bonds is 5. The van der Waals surface area contributed by atoms with E-state index in [2.05, 4.69) is 0 Å². The van der Waals surface area contributed by atoms with Crippen LogP contribution in [0.1, 0.15) is 36.3 Å². The number of benzene rings is 2. The highest BCUT2D eigenvalue weighted by molar-refractivity contribution is 6.30. The Morgan fingerprint density at radius 1 is 0.828 bits per heavy atom. The van der Waals surface area contributed by atoms with Crippen molar-refractivity contribution in [2.24, 2.45) is 5.92 Å². The summed E-state index contributed by atoms with van der Waals surface area (Å²) in [5.74, 6) is -2.47. The van der Waals surface area contributed by atoms with Crippen LogP contribution < -0.4 is 0 Å². The van der Waals surface area contributed by atoms with Gasteiger partial charge in [-0.1, -0.05) is 54.4 Å². The molecule has 0 aliphatic heterocycles. The Hall–Kier alpha value is -2.22. The van der Waals surface area contributed by atoms with E-state index >= 15 is 0 Å². The third kappa shape index (κ3) is 4.08. The molecule has 1 saturated carbocycles. The van der Waals surface area contributed by atoms with Crippen molar-refractivity contribution in [1.82, 2.24) is 0 Å². The molecule has 0 saturated heterocycles. The van der Waals surface area contributed by atoms with Crippen molar-refractivity contribution in [2.45, 2.75) is 43.4 Å². The molecule has 154 valence electrons. The molecule has 1 N–H and O–H groups in total. The molecule has 9 heteroatoms. The Labute approximate surface area is 177 Å². The average molecular weight is 439 g/mol. The molecule has 6 atom stereocenters. The summed E-state index contributed by atoms with van der Waals surface area (Å²) in [6.07, 6.45) is -0.983. The van der Waals surface area contributed by atoms with Crippen molar-refractivity contribution in [3.8, 4) is 0 Å². The zero-order valence-electron chi connectivity index (χ0n) is 15.5. The summed E-state index contributed by atoms with van der Waals surface area (Å²) in [5, 5.41) is 36.0. The highest BCUT2D eigenvalue weighted by Gasteiger charge is 2.61. The van der Waals surface area contributed by atoms with E-state index in [0.29, 0.717) is 27.6 Å². The zero-order valence-corrected chi connectivity index (χ0v) is 17.0. The second-order valence-corrected chi connectivity index (χ2v) is 8.14. The molecular weight excluding hydrogens is 419 g/mol. The van der Waals surface area contributed by atoms with Crippen molar-refractivity contribution >= 4 is 23.2 Å². The number of nitrogens with zero attached hydrogens (tertiary/aromatic N) is 2. The Morgan fingerprint density at radius 2 is 1.24 bits per heavy atom. The number of nitro groups is 2. The Kier molecular flexibility index (Phi) is 6.41. The van der Waals surface area contributed by atoms with Gasteiger partial charge in [0.05, 0.1) is 5.92 Å². The van der Waals surface area contributed by atoms with Crippen LogP contribution >= 0.6 is 23.2 Å². The maximum atomic E-state index is 12.2. The van der Waals surface area contributed by atoms with Crippen LogP contribution in [0.4, 0.5) is 0 Å². The van der Waals surface area contributed by atoms with Gasteiger partial charge in [-0.25, -0.2) is 0 Å². The van der Waals surface area contributed by atoms with Crippen molar-refractivity contribution in [3.05, 3.63) is 89.9 Å².